The maximum Gasteiger partial charge on any atom is 0.129 e. The molecule has 0 aliphatic heterocycles. The Kier molecular flexibility index (Phi) is 3.49. The smallest absolute Gasteiger partial charge is 0.129 e. The number of allylic oxidation sites excluding steroid dienone is 1. The van der Waals surface area contributed by atoms with Crippen LogP contribution in [0.15, 0.2) is 30.9 Å². The Balaban J connectivity index is 3.13. The number of benzene rings is 1. The van der Waals surface area contributed by atoms with Crippen LogP contribution >= 0.6 is 11.6 Å². The molecule has 0 saturated heterocycles. The molecule has 0 amide bonds. The van der Waals surface area contributed by atoms with Gasteiger partial charge in [-0.1, -0.05) is 24.3 Å². The second-order valence-corrected chi connectivity index (χ2v) is 3.28. The summed E-state index contributed by atoms with van der Waals surface area (Å²) >= 11 is 5.69. The molecular weight excluding hydrogens is 187 g/mol. The van der Waals surface area contributed by atoms with Crippen molar-refractivity contribution in [2.45, 2.75) is 12.8 Å². The summed E-state index contributed by atoms with van der Waals surface area (Å²) in [6, 6.07) is 5.32. The first kappa shape index (κ1) is 10.3. The molecule has 1 aromatic rings. The third-order valence-corrected chi connectivity index (χ3v) is 2.40. The first-order chi connectivity index (χ1) is 6.20. The van der Waals surface area contributed by atoms with E-state index in [-0.39, 0.29) is 11.7 Å². The lowest BCUT2D eigenvalue weighted by Gasteiger charge is -2.11. The van der Waals surface area contributed by atoms with E-state index < -0.39 is 0 Å². The van der Waals surface area contributed by atoms with Gasteiger partial charge in [-0.05, 0) is 18.1 Å². The Hall–Kier alpha value is -0.820. The molecule has 2 heteroatoms. The number of hydrogen-bond acceptors (Lipinski definition) is 0. The Morgan fingerprint density at radius 3 is 2.85 bits per heavy atom. The van der Waals surface area contributed by atoms with E-state index in [1.165, 1.54) is 0 Å². The number of rotatable bonds is 3. The molecule has 0 saturated carbocycles. The van der Waals surface area contributed by atoms with Gasteiger partial charge in [0.25, 0.3) is 0 Å². The Morgan fingerprint density at radius 1 is 1.62 bits per heavy atom. The standard InChI is InChI=1S/C11H12ClF/c1-3-9(7-12)10-6-4-5-8(2)11(10)13/h3-6,9H,1,7H2,2H3. The van der Waals surface area contributed by atoms with Gasteiger partial charge < -0.3 is 0 Å². The second kappa shape index (κ2) is 4.43. The van der Waals surface area contributed by atoms with Crippen molar-refractivity contribution in [1.82, 2.24) is 0 Å². The predicted molar refractivity (Wildman–Crippen MR) is 54.8 cm³/mol. The minimum atomic E-state index is -0.173. The minimum Gasteiger partial charge on any atom is -0.206 e. The quantitative estimate of drug-likeness (QED) is 0.514. The topological polar surface area (TPSA) is 0 Å². The highest BCUT2D eigenvalue weighted by atomic mass is 35.5. The molecule has 0 radical (unpaired) electrons. The molecule has 0 aliphatic carbocycles. The van der Waals surface area contributed by atoms with Gasteiger partial charge in [-0.2, -0.15) is 0 Å². The van der Waals surface area contributed by atoms with Crippen LogP contribution in [0.4, 0.5) is 4.39 Å². The molecule has 1 unspecified atom stereocenters. The van der Waals surface area contributed by atoms with Gasteiger partial charge in [0.15, 0.2) is 0 Å². The third kappa shape index (κ3) is 2.10. The highest BCUT2D eigenvalue weighted by Gasteiger charge is 2.12. The molecule has 0 aliphatic rings. The van der Waals surface area contributed by atoms with E-state index in [1.54, 1.807) is 25.1 Å². The SMILES string of the molecule is C=CC(CCl)c1cccc(C)c1F. The van der Waals surface area contributed by atoms with Crippen molar-refractivity contribution in [2.24, 2.45) is 0 Å². The zero-order valence-electron chi connectivity index (χ0n) is 7.56. The van der Waals surface area contributed by atoms with E-state index >= 15 is 0 Å². The van der Waals surface area contributed by atoms with Gasteiger partial charge in [0, 0.05) is 11.8 Å². The zero-order chi connectivity index (χ0) is 9.84. The van der Waals surface area contributed by atoms with Crippen molar-refractivity contribution in [3.8, 4) is 0 Å². The lowest BCUT2D eigenvalue weighted by Crippen LogP contribution is -2.01. The van der Waals surface area contributed by atoms with Gasteiger partial charge in [0.05, 0.1) is 0 Å². The third-order valence-electron chi connectivity index (χ3n) is 2.07. The maximum absolute atomic E-state index is 13.5. The molecule has 70 valence electrons. The molecule has 0 nitrogen and oxygen atoms in total. The lowest BCUT2D eigenvalue weighted by molar-refractivity contribution is 0.597. The summed E-state index contributed by atoms with van der Waals surface area (Å²) in [5, 5.41) is 0. The van der Waals surface area contributed by atoms with Crippen LogP contribution < -0.4 is 0 Å². The molecular formula is C11H12ClF. The average Bonchev–Trinajstić information content (AvgIpc) is 2.14. The first-order valence-corrected chi connectivity index (χ1v) is 4.67. The number of hydrogen-bond donors (Lipinski definition) is 0. The van der Waals surface area contributed by atoms with E-state index in [0.717, 1.165) is 0 Å². The monoisotopic (exact) mass is 198 g/mol. The molecule has 0 spiro atoms. The van der Waals surface area contributed by atoms with Gasteiger partial charge in [0.2, 0.25) is 0 Å². The first-order valence-electron chi connectivity index (χ1n) is 4.14. The molecule has 1 rings (SSSR count). The van der Waals surface area contributed by atoms with Crippen LogP contribution in [-0.2, 0) is 0 Å². The van der Waals surface area contributed by atoms with Crippen molar-refractivity contribution in [3.63, 3.8) is 0 Å². The zero-order valence-corrected chi connectivity index (χ0v) is 8.31. The predicted octanol–water partition coefficient (Wildman–Crippen LogP) is 3.64. The second-order valence-electron chi connectivity index (χ2n) is 2.97. The molecule has 1 atom stereocenters. The number of alkyl halides is 1. The lowest BCUT2D eigenvalue weighted by atomic mass is 9.98. The normalized spacial score (nSPS) is 12.5. The summed E-state index contributed by atoms with van der Waals surface area (Å²) < 4.78 is 13.5. The van der Waals surface area contributed by atoms with E-state index in [1.807, 2.05) is 6.07 Å². The largest absolute Gasteiger partial charge is 0.206 e. The van der Waals surface area contributed by atoms with Crippen LogP contribution in [-0.4, -0.2) is 5.88 Å². The maximum atomic E-state index is 13.5. The van der Waals surface area contributed by atoms with Gasteiger partial charge in [-0.3, -0.25) is 0 Å². The Labute approximate surface area is 83.0 Å². The van der Waals surface area contributed by atoms with Crippen LogP contribution in [0.5, 0.6) is 0 Å². The number of halogens is 2. The average molecular weight is 199 g/mol. The van der Waals surface area contributed by atoms with Crippen molar-refractivity contribution >= 4 is 11.6 Å². The van der Waals surface area contributed by atoms with E-state index in [4.69, 9.17) is 11.6 Å². The van der Waals surface area contributed by atoms with Crippen molar-refractivity contribution < 1.29 is 4.39 Å². The molecule has 0 aromatic heterocycles. The molecule has 13 heavy (non-hydrogen) atoms. The fraction of sp³-hybridized carbons (Fsp3) is 0.273. The van der Waals surface area contributed by atoms with Crippen molar-refractivity contribution in [3.05, 3.63) is 47.8 Å². The molecule has 0 N–H and O–H groups in total. The molecule has 1 aromatic carbocycles. The van der Waals surface area contributed by atoms with Crippen LogP contribution in [0, 0.1) is 12.7 Å². The fourth-order valence-corrected chi connectivity index (χ4v) is 1.52. The van der Waals surface area contributed by atoms with Crippen molar-refractivity contribution in [1.29, 1.82) is 0 Å². The van der Waals surface area contributed by atoms with Crippen LogP contribution in [0.3, 0.4) is 0 Å². The Morgan fingerprint density at radius 2 is 2.31 bits per heavy atom. The van der Waals surface area contributed by atoms with Gasteiger partial charge in [-0.25, -0.2) is 4.39 Å². The van der Waals surface area contributed by atoms with Gasteiger partial charge >= 0.3 is 0 Å². The highest BCUT2D eigenvalue weighted by molar-refractivity contribution is 6.18. The summed E-state index contributed by atoms with van der Waals surface area (Å²) in [5.41, 5.74) is 1.28. The van der Waals surface area contributed by atoms with Crippen LogP contribution in [0.2, 0.25) is 0 Å². The molecule has 0 fully saturated rings. The van der Waals surface area contributed by atoms with E-state index in [0.29, 0.717) is 17.0 Å². The van der Waals surface area contributed by atoms with Crippen LogP contribution in [0.25, 0.3) is 0 Å². The van der Waals surface area contributed by atoms with E-state index in [9.17, 15) is 4.39 Å². The summed E-state index contributed by atoms with van der Waals surface area (Å²) in [5.74, 6) is 0.0961. The van der Waals surface area contributed by atoms with Gasteiger partial charge in [0.1, 0.15) is 5.82 Å². The summed E-state index contributed by atoms with van der Waals surface area (Å²) in [6.45, 7) is 5.37. The fourth-order valence-electron chi connectivity index (χ4n) is 1.23. The van der Waals surface area contributed by atoms with Crippen LogP contribution in [0.1, 0.15) is 17.0 Å². The van der Waals surface area contributed by atoms with Gasteiger partial charge in [-0.15, -0.1) is 18.2 Å². The Bertz CT molecular complexity index is 307. The highest BCUT2D eigenvalue weighted by Crippen LogP contribution is 2.23. The number of aryl methyl sites for hydroxylation is 1. The summed E-state index contributed by atoms with van der Waals surface area (Å²) in [4.78, 5) is 0. The molecule has 0 heterocycles. The molecule has 0 bridgehead atoms. The van der Waals surface area contributed by atoms with Crippen molar-refractivity contribution in [2.75, 3.05) is 5.88 Å². The summed E-state index contributed by atoms with van der Waals surface area (Å²) in [7, 11) is 0. The summed E-state index contributed by atoms with van der Waals surface area (Å²) in [6.07, 6.45) is 1.67. The van der Waals surface area contributed by atoms with E-state index in [2.05, 4.69) is 6.58 Å². The minimum absolute atomic E-state index is 0.0958.